The highest BCUT2D eigenvalue weighted by Gasteiger charge is 2.44. The van der Waals surface area contributed by atoms with E-state index in [-0.39, 0.29) is 30.6 Å². The summed E-state index contributed by atoms with van der Waals surface area (Å²) in [6.45, 7) is 0.623. The summed E-state index contributed by atoms with van der Waals surface area (Å²) in [4.78, 5) is 38.7. The van der Waals surface area contributed by atoms with Gasteiger partial charge in [0.05, 0.1) is 13.0 Å². The molecule has 3 rings (SSSR count). The predicted octanol–water partition coefficient (Wildman–Crippen LogP) is 1.18. The molecule has 1 heterocycles. The fourth-order valence-electron chi connectivity index (χ4n) is 4.04. The monoisotopic (exact) mass is 389 g/mol. The van der Waals surface area contributed by atoms with E-state index in [1.54, 1.807) is 4.90 Å². The second-order valence-corrected chi connectivity index (χ2v) is 7.35. The molecular formula is C20H27N3O5. The molecule has 1 aliphatic heterocycles. The zero-order valence-electron chi connectivity index (χ0n) is 16.0. The minimum Gasteiger partial charge on any atom is -0.469 e. The average molecular weight is 389 g/mol. The molecule has 1 aromatic rings. The highest BCUT2D eigenvalue weighted by atomic mass is 16.5. The average Bonchev–Trinajstić information content (AvgIpc) is 3.06. The van der Waals surface area contributed by atoms with Gasteiger partial charge in [0, 0.05) is 18.6 Å². The first-order valence-corrected chi connectivity index (χ1v) is 9.60. The number of amides is 2. The van der Waals surface area contributed by atoms with Crippen molar-refractivity contribution < 1.29 is 23.9 Å². The lowest BCUT2D eigenvalue weighted by Crippen LogP contribution is -2.52. The molecular weight excluding hydrogens is 362 g/mol. The van der Waals surface area contributed by atoms with Gasteiger partial charge in [-0.1, -0.05) is 30.3 Å². The van der Waals surface area contributed by atoms with E-state index in [2.05, 4.69) is 5.32 Å². The topological polar surface area (TPSA) is 111 Å². The fraction of sp³-hybridized carbons (Fsp3) is 0.550. The number of nitrogens with two attached hydrogens (primary N) is 1. The van der Waals surface area contributed by atoms with Crippen LogP contribution in [0.4, 0.5) is 4.79 Å². The summed E-state index contributed by atoms with van der Waals surface area (Å²) in [6.07, 6.45) is 1.75. The molecule has 4 atom stereocenters. The van der Waals surface area contributed by atoms with Crippen molar-refractivity contribution in [3.63, 3.8) is 0 Å². The molecule has 3 N–H and O–H groups in total. The molecule has 1 aliphatic carbocycles. The minimum absolute atomic E-state index is 0.0695. The zero-order valence-corrected chi connectivity index (χ0v) is 16.0. The van der Waals surface area contributed by atoms with E-state index in [1.807, 2.05) is 30.3 Å². The number of methoxy groups -OCH3 is 1. The van der Waals surface area contributed by atoms with Crippen LogP contribution in [0.5, 0.6) is 0 Å². The van der Waals surface area contributed by atoms with Gasteiger partial charge in [-0.2, -0.15) is 0 Å². The Hall–Kier alpha value is -2.61. The van der Waals surface area contributed by atoms with E-state index < -0.39 is 18.1 Å². The molecule has 8 nitrogen and oxygen atoms in total. The van der Waals surface area contributed by atoms with Crippen molar-refractivity contribution in [1.29, 1.82) is 0 Å². The third kappa shape index (κ3) is 4.62. The lowest BCUT2D eigenvalue weighted by molar-refractivity contribution is -0.151. The van der Waals surface area contributed by atoms with Gasteiger partial charge in [-0.15, -0.1) is 0 Å². The molecule has 152 valence electrons. The number of benzene rings is 1. The highest BCUT2D eigenvalue weighted by Crippen LogP contribution is 2.31. The molecule has 2 aliphatic rings. The first-order valence-electron chi connectivity index (χ1n) is 9.60. The molecule has 0 aromatic heterocycles. The van der Waals surface area contributed by atoms with Gasteiger partial charge >= 0.3 is 12.1 Å². The molecule has 1 saturated carbocycles. The van der Waals surface area contributed by atoms with Crippen LogP contribution >= 0.6 is 0 Å². The van der Waals surface area contributed by atoms with Gasteiger partial charge in [-0.3, -0.25) is 9.59 Å². The van der Waals surface area contributed by atoms with Gasteiger partial charge in [-0.25, -0.2) is 4.79 Å². The van der Waals surface area contributed by atoms with Crippen molar-refractivity contribution in [2.75, 3.05) is 13.7 Å². The number of ether oxygens (including phenoxy) is 2. The summed E-state index contributed by atoms with van der Waals surface area (Å²) in [5.41, 5.74) is 6.87. The molecule has 2 amide bonds. The van der Waals surface area contributed by atoms with Gasteiger partial charge in [0.25, 0.3) is 0 Å². The molecule has 0 spiro atoms. The zero-order chi connectivity index (χ0) is 20.1. The Morgan fingerprint density at radius 3 is 2.68 bits per heavy atom. The van der Waals surface area contributed by atoms with Crippen molar-refractivity contribution >= 4 is 18.0 Å². The number of carbonyl (C=O) groups excluding carboxylic acids is 3. The van der Waals surface area contributed by atoms with Gasteiger partial charge < -0.3 is 25.4 Å². The van der Waals surface area contributed by atoms with Crippen LogP contribution in [0.2, 0.25) is 0 Å². The molecule has 0 radical (unpaired) electrons. The number of esters is 1. The first-order chi connectivity index (χ1) is 13.5. The number of carbonyl (C=O) groups is 3. The highest BCUT2D eigenvalue weighted by molar-refractivity contribution is 5.88. The van der Waals surface area contributed by atoms with Gasteiger partial charge in [0.1, 0.15) is 12.6 Å². The third-order valence-electron chi connectivity index (χ3n) is 5.50. The van der Waals surface area contributed by atoms with Crippen LogP contribution in [0.15, 0.2) is 30.3 Å². The number of rotatable bonds is 5. The standard InChI is InChI=1S/C20H27N3O5/c1-27-19(25)15-11-14(21)7-8-17(15)23-10-9-16(18(23)24)22-20(26)28-12-13-5-3-2-4-6-13/h2-6,14-17H,7-12,21H2,1H3,(H,22,26)/t14-,15+,16?,17+/m1/s1. The number of alkyl carbamates (subject to hydrolysis) is 1. The van der Waals surface area contributed by atoms with E-state index in [0.717, 1.165) is 12.0 Å². The molecule has 1 saturated heterocycles. The van der Waals surface area contributed by atoms with Gasteiger partial charge in [0.15, 0.2) is 0 Å². The van der Waals surface area contributed by atoms with Crippen LogP contribution < -0.4 is 11.1 Å². The maximum atomic E-state index is 12.8. The Labute approximate surface area is 164 Å². The van der Waals surface area contributed by atoms with Crippen LogP contribution in [0, 0.1) is 5.92 Å². The SMILES string of the molecule is COC(=O)[C@H]1C[C@H](N)CC[C@@H]1N1CCC(NC(=O)OCc2ccccc2)C1=O. The number of hydrogen-bond donors (Lipinski definition) is 2. The predicted molar refractivity (Wildman–Crippen MR) is 101 cm³/mol. The Kier molecular flexibility index (Phi) is 6.51. The first kappa shape index (κ1) is 20.1. The van der Waals surface area contributed by atoms with Crippen molar-refractivity contribution in [2.45, 2.75) is 50.4 Å². The lowest BCUT2D eigenvalue weighted by Gasteiger charge is -2.38. The Morgan fingerprint density at radius 1 is 1.21 bits per heavy atom. The van der Waals surface area contributed by atoms with Crippen LogP contribution in [-0.4, -0.2) is 54.6 Å². The molecule has 1 unspecified atom stereocenters. The Balaban J connectivity index is 1.56. The van der Waals surface area contributed by atoms with Crippen LogP contribution in [0.3, 0.4) is 0 Å². The van der Waals surface area contributed by atoms with Crippen LogP contribution in [0.25, 0.3) is 0 Å². The molecule has 8 heteroatoms. The van der Waals surface area contributed by atoms with Crippen molar-refractivity contribution in [3.05, 3.63) is 35.9 Å². The number of nitrogens with one attached hydrogen (secondary N) is 1. The Bertz CT molecular complexity index is 711. The summed E-state index contributed by atoms with van der Waals surface area (Å²) in [7, 11) is 1.35. The largest absolute Gasteiger partial charge is 0.469 e. The number of hydrogen-bond acceptors (Lipinski definition) is 6. The second kappa shape index (κ2) is 9.05. The van der Waals surface area contributed by atoms with E-state index in [4.69, 9.17) is 15.2 Å². The van der Waals surface area contributed by atoms with Crippen LogP contribution in [0.1, 0.15) is 31.2 Å². The summed E-state index contributed by atoms with van der Waals surface area (Å²) in [6, 6.07) is 8.37. The lowest BCUT2D eigenvalue weighted by atomic mass is 9.81. The van der Waals surface area contributed by atoms with E-state index in [0.29, 0.717) is 25.8 Å². The molecule has 1 aromatic carbocycles. The molecule has 0 bridgehead atoms. The van der Waals surface area contributed by atoms with E-state index in [9.17, 15) is 14.4 Å². The Morgan fingerprint density at radius 2 is 1.96 bits per heavy atom. The molecule has 28 heavy (non-hydrogen) atoms. The smallest absolute Gasteiger partial charge is 0.408 e. The number of nitrogens with zero attached hydrogens (tertiary/aromatic N) is 1. The fourth-order valence-corrected chi connectivity index (χ4v) is 4.04. The molecule has 2 fully saturated rings. The van der Waals surface area contributed by atoms with E-state index >= 15 is 0 Å². The van der Waals surface area contributed by atoms with Gasteiger partial charge in [0.2, 0.25) is 5.91 Å². The quantitative estimate of drug-likeness (QED) is 0.732. The summed E-state index contributed by atoms with van der Waals surface area (Å²) >= 11 is 0. The minimum atomic E-state index is -0.642. The maximum Gasteiger partial charge on any atom is 0.408 e. The van der Waals surface area contributed by atoms with Crippen LogP contribution in [-0.2, 0) is 25.7 Å². The second-order valence-electron chi connectivity index (χ2n) is 7.35. The normalized spacial score (nSPS) is 27.4. The summed E-state index contributed by atoms with van der Waals surface area (Å²) in [5, 5.41) is 2.64. The van der Waals surface area contributed by atoms with Crippen molar-refractivity contribution in [1.82, 2.24) is 10.2 Å². The number of likely N-dealkylation sites (tertiary alicyclic amines) is 1. The summed E-state index contributed by atoms with van der Waals surface area (Å²) < 4.78 is 10.1. The van der Waals surface area contributed by atoms with Crippen molar-refractivity contribution in [3.8, 4) is 0 Å². The van der Waals surface area contributed by atoms with Gasteiger partial charge in [-0.05, 0) is 31.2 Å². The van der Waals surface area contributed by atoms with Crippen molar-refractivity contribution in [2.24, 2.45) is 11.7 Å². The summed E-state index contributed by atoms with van der Waals surface area (Å²) in [5.74, 6) is -0.959. The third-order valence-corrected chi connectivity index (χ3v) is 5.50. The maximum absolute atomic E-state index is 12.8. The van der Waals surface area contributed by atoms with E-state index in [1.165, 1.54) is 7.11 Å².